The van der Waals surface area contributed by atoms with Crippen molar-refractivity contribution in [3.8, 4) is 0 Å². The Balaban J connectivity index is 2.00. The van der Waals surface area contributed by atoms with Gasteiger partial charge in [-0.2, -0.15) is 11.3 Å². The standard InChI is InChI=1S/C14H18N2O2S/c15-13(17)9-12-3-1-2-7-16(12)14(18)5-4-11-6-8-19-10-11/h4-6,8,10,12H,1-3,7,9H2,(H2,15,17)/b5-4+. The molecule has 1 saturated heterocycles. The van der Waals surface area contributed by atoms with Gasteiger partial charge in [0.05, 0.1) is 0 Å². The summed E-state index contributed by atoms with van der Waals surface area (Å²) in [6.07, 6.45) is 6.57. The average Bonchev–Trinajstić information content (AvgIpc) is 2.89. The first kappa shape index (κ1) is 13.8. The number of carbonyl (C=O) groups is 2. The Labute approximate surface area is 116 Å². The van der Waals surface area contributed by atoms with Crippen LogP contribution >= 0.6 is 11.3 Å². The molecule has 4 nitrogen and oxygen atoms in total. The Morgan fingerprint density at radius 3 is 3.00 bits per heavy atom. The highest BCUT2D eigenvalue weighted by molar-refractivity contribution is 7.08. The lowest BCUT2D eigenvalue weighted by atomic mass is 9.99. The second kappa shape index (κ2) is 6.52. The third-order valence-electron chi connectivity index (χ3n) is 3.31. The number of nitrogens with zero attached hydrogens (tertiary/aromatic N) is 1. The van der Waals surface area contributed by atoms with Crippen LogP contribution in [0.1, 0.15) is 31.2 Å². The number of hydrogen-bond donors (Lipinski definition) is 1. The summed E-state index contributed by atoms with van der Waals surface area (Å²) < 4.78 is 0. The van der Waals surface area contributed by atoms with Crippen LogP contribution in [0, 0.1) is 0 Å². The zero-order chi connectivity index (χ0) is 13.7. The molecule has 0 spiro atoms. The van der Waals surface area contributed by atoms with E-state index < -0.39 is 0 Å². The normalized spacial score (nSPS) is 19.8. The number of likely N-dealkylation sites (tertiary alicyclic amines) is 1. The number of piperidine rings is 1. The minimum atomic E-state index is -0.341. The molecule has 19 heavy (non-hydrogen) atoms. The van der Waals surface area contributed by atoms with Crippen LogP contribution in [0.3, 0.4) is 0 Å². The van der Waals surface area contributed by atoms with Crippen LogP contribution in [0.2, 0.25) is 0 Å². The lowest BCUT2D eigenvalue weighted by molar-refractivity contribution is -0.130. The summed E-state index contributed by atoms with van der Waals surface area (Å²) in [5, 5.41) is 3.96. The van der Waals surface area contributed by atoms with Gasteiger partial charge >= 0.3 is 0 Å². The monoisotopic (exact) mass is 278 g/mol. The largest absolute Gasteiger partial charge is 0.370 e. The molecule has 1 aliphatic rings. The summed E-state index contributed by atoms with van der Waals surface area (Å²) in [6, 6.07) is 1.93. The van der Waals surface area contributed by atoms with Gasteiger partial charge in [-0.3, -0.25) is 9.59 Å². The molecule has 1 atom stereocenters. The van der Waals surface area contributed by atoms with Crippen molar-refractivity contribution in [1.29, 1.82) is 0 Å². The number of amides is 2. The molecule has 2 heterocycles. The fourth-order valence-corrected chi connectivity index (χ4v) is 3.00. The summed E-state index contributed by atoms with van der Waals surface area (Å²) in [7, 11) is 0. The molecule has 1 fully saturated rings. The molecular weight excluding hydrogens is 260 g/mol. The van der Waals surface area contributed by atoms with E-state index in [1.807, 2.05) is 22.9 Å². The Bertz CT molecular complexity index is 468. The van der Waals surface area contributed by atoms with Crippen LogP contribution in [0.25, 0.3) is 6.08 Å². The molecule has 1 aromatic heterocycles. The Kier molecular flexibility index (Phi) is 4.74. The molecular formula is C14H18N2O2S. The summed E-state index contributed by atoms with van der Waals surface area (Å²) in [5.74, 6) is -0.372. The fourth-order valence-electron chi connectivity index (χ4n) is 2.37. The van der Waals surface area contributed by atoms with Crippen molar-refractivity contribution < 1.29 is 9.59 Å². The maximum atomic E-state index is 12.2. The quantitative estimate of drug-likeness (QED) is 0.856. The van der Waals surface area contributed by atoms with Crippen LogP contribution in [0.4, 0.5) is 0 Å². The van der Waals surface area contributed by atoms with Crippen LogP contribution in [0.15, 0.2) is 22.9 Å². The molecule has 2 rings (SSSR count). The van der Waals surface area contributed by atoms with Gasteiger partial charge in [-0.25, -0.2) is 0 Å². The van der Waals surface area contributed by atoms with Crippen LogP contribution in [-0.2, 0) is 9.59 Å². The van der Waals surface area contributed by atoms with Crippen molar-refractivity contribution in [2.45, 2.75) is 31.7 Å². The van der Waals surface area contributed by atoms with Crippen molar-refractivity contribution in [2.24, 2.45) is 5.73 Å². The first-order chi connectivity index (χ1) is 9.16. The van der Waals surface area contributed by atoms with E-state index >= 15 is 0 Å². The van der Waals surface area contributed by atoms with Gasteiger partial charge in [0.1, 0.15) is 0 Å². The molecule has 0 radical (unpaired) electrons. The first-order valence-corrected chi connectivity index (χ1v) is 7.40. The topological polar surface area (TPSA) is 63.4 Å². The van der Waals surface area contributed by atoms with Gasteiger partial charge in [0.25, 0.3) is 0 Å². The summed E-state index contributed by atoms with van der Waals surface area (Å²) in [4.78, 5) is 25.0. The molecule has 0 aromatic carbocycles. The van der Waals surface area contributed by atoms with Crippen molar-refractivity contribution >= 4 is 29.2 Å². The van der Waals surface area contributed by atoms with Gasteiger partial charge in [0.15, 0.2) is 0 Å². The number of nitrogens with two attached hydrogens (primary N) is 1. The molecule has 1 unspecified atom stereocenters. The van der Waals surface area contributed by atoms with Gasteiger partial charge in [-0.1, -0.05) is 0 Å². The van der Waals surface area contributed by atoms with E-state index in [1.54, 1.807) is 22.3 Å². The summed E-state index contributed by atoms with van der Waals surface area (Å²) in [5.41, 5.74) is 6.27. The number of rotatable bonds is 4. The molecule has 5 heteroatoms. The second-order valence-corrected chi connectivity index (χ2v) is 5.52. The molecule has 2 N–H and O–H groups in total. The van der Waals surface area contributed by atoms with Gasteiger partial charge in [0.2, 0.25) is 11.8 Å². The van der Waals surface area contributed by atoms with E-state index in [9.17, 15) is 9.59 Å². The highest BCUT2D eigenvalue weighted by Crippen LogP contribution is 2.20. The minimum absolute atomic E-state index is 0.0304. The van der Waals surface area contributed by atoms with E-state index in [4.69, 9.17) is 5.73 Å². The number of hydrogen-bond acceptors (Lipinski definition) is 3. The molecule has 0 saturated carbocycles. The molecule has 1 aliphatic heterocycles. The second-order valence-electron chi connectivity index (χ2n) is 4.74. The maximum absolute atomic E-state index is 12.2. The van der Waals surface area contributed by atoms with E-state index in [1.165, 1.54) is 0 Å². The van der Waals surface area contributed by atoms with Crippen molar-refractivity contribution in [2.75, 3.05) is 6.54 Å². The summed E-state index contributed by atoms with van der Waals surface area (Å²) in [6.45, 7) is 0.713. The predicted octanol–water partition coefficient (Wildman–Crippen LogP) is 2.02. The Morgan fingerprint density at radius 1 is 1.47 bits per heavy atom. The number of carbonyl (C=O) groups excluding carboxylic acids is 2. The zero-order valence-corrected chi connectivity index (χ0v) is 11.6. The van der Waals surface area contributed by atoms with Crippen LogP contribution in [0.5, 0.6) is 0 Å². The first-order valence-electron chi connectivity index (χ1n) is 6.46. The molecule has 0 aliphatic carbocycles. The third-order valence-corrected chi connectivity index (χ3v) is 4.01. The number of thiophene rings is 1. The van der Waals surface area contributed by atoms with E-state index in [0.29, 0.717) is 6.54 Å². The predicted molar refractivity (Wildman–Crippen MR) is 76.5 cm³/mol. The van der Waals surface area contributed by atoms with Gasteiger partial charge in [-0.05, 0) is 47.7 Å². The van der Waals surface area contributed by atoms with Gasteiger partial charge in [0, 0.05) is 25.1 Å². The van der Waals surface area contributed by atoms with E-state index in [-0.39, 0.29) is 24.3 Å². The Morgan fingerprint density at radius 2 is 2.32 bits per heavy atom. The van der Waals surface area contributed by atoms with Crippen molar-refractivity contribution in [3.05, 3.63) is 28.5 Å². The SMILES string of the molecule is NC(=O)CC1CCCCN1C(=O)/C=C/c1ccsc1. The zero-order valence-electron chi connectivity index (χ0n) is 10.7. The maximum Gasteiger partial charge on any atom is 0.246 e. The molecule has 1 aromatic rings. The average molecular weight is 278 g/mol. The molecule has 2 amide bonds. The van der Waals surface area contributed by atoms with Gasteiger partial charge in [-0.15, -0.1) is 0 Å². The summed E-state index contributed by atoms with van der Waals surface area (Å²) >= 11 is 1.60. The lowest BCUT2D eigenvalue weighted by Crippen LogP contribution is -2.44. The van der Waals surface area contributed by atoms with Gasteiger partial charge < -0.3 is 10.6 Å². The van der Waals surface area contributed by atoms with Crippen molar-refractivity contribution in [1.82, 2.24) is 4.90 Å². The van der Waals surface area contributed by atoms with Crippen molar-refractivity contribution in [3.63, 3.8) is 0 Å². The van der Waals surface area contributed by atoms with Crippen LogP contribution < -0.4 is 5.73 Å². The molecule has 102 valence electrons. The highest BCUT2D eigenvalue weighted by atomic mass is 32.1. The minimum Gasteiger partial charge on any atom is -0.370 e. The number of primary amides is 1. The Hall–Kier alpha value is -1.62. The molecule has 0 bridgehead atoms. The smallest absolute Gasteiger partial charge is 0.246 e. The fraction of sp³-hybridized carbons (Fsp3) is 0.429. The highest BCUT2D eigenvalue weighted by Gasteiger charge is 2.26. The van der Waals surface area contributed by atoms with E-state index in [2.05, 4.69) is 0 Å². The van der Waals surface area contributed by atoms with E-state index in [0.717, 1.165) is 24.8 Å². The lowest BCUT2D eigenvalue weighted by Gasteiger charge is -2.34. The van der Waals surface area contributed by atoms with Crippen LogP contribution in [-0.4, -0.2) is 29.3 Å². The third kappa shape index (κ3) is 3.92.